The van der Waals surface area contributed by atoms with Crippen molar-refractivity contribution >= 4 is 44.9 Å². The average molecular weight is 476 g/mol. The van der Waals surface area contributed by atoms with Gasteiger partial charge in [-0.3, -0.25) is 0 Å². The van der Waals surface area contributed by atoms with Crippen molar-refractivity contribution in [3.8, 4) is 0 Å². The standard InChI is InChI=1S/C15H22BCl2.2CH3.2ClH.Zr/c17-16(18,14-6-2-3-7-14)11-13-10-9-12-5-1-4-8-15(12)13;;;;;/h1,4-5,8,12-15H,2-3,6-7,9-11H2;2*1H3;2*1H;/q3*-1;;;+4/p-2. The van der Waals surface area contributed by atoms with Gasteiger partial charge >= 0.3 is 37.9 Å². The Labute approximate surface area is 172 Å². The number of rotatable bonds is 3. The number of fused-ring (bicyclic) bond motifs is 1. The Kier molecular flexibility index (Phi) is 12.9. The van der Waals surface area contributed by atoms with Crippen molar-refractivity contribution in [1.29, 1.82) is 0 Å². The zero-order valence-electron chi connectivity index (χ0n) is 14.2. The molecular weight excluding hydrogens is 448 g/mol. The van der Waals surface area contributed by atoms with Crippen molar-refractivity contribution in [2.24, 2.45) is 17.8 Å². The Bertz CT molecular complexity index is 381. The van der Waals surface area contributed by atoms with Crippen LogP contribution in [0.15, 0.2) is 24.3 Å². The maximum atomic E-state index is 6.74. The van der Waals surface area contributed by atoms with Crippen LogP contribution in [0, 0.1) is 32.6 Å². The Morgan fingerprint density at radius 1 is 0.913 bits per heavy atom. The minimum atomic E-state index is -1.18. The normalized spacial score (nSPS) is 28.8. The van der Waals surface area contributed by atoms with Gasteiger partial charge in [0, 0.05) is 0 Å². The van der Waals surface area contributed by atoms with Crippen LogP contribution in [0.3, 0.4) is 0 Å². The van der Waals surface area contributed by atoms with Crippen molar-refractivity contribution in [3.63, 3.8) is 0 Å². The van der Waals surface area contributed by atoms with Crippen molar-refractivity contribution in [2.45, 2.75) is 50.7 Å². The SMILES string of the molecule is Cl[B-](Cl)(CC1CCC2C=CC=CC21)C1CCCC1.[CH3-].[CH3-].[Cl][Zr+2][Cl]. The van der Waals surface area contributed by atoms with Crippen LogP contribution < -0.4 is 0 Å². The van der Waals surface area contributed by atoms with Gasteiger partial charge in [0.1, 0.15) is 0 Å². The fraction of sp³-hybridized carbons (Fsp3) is 0.647. The summed E-state index contributed by atoms with van der Waals surface area (Å²) in [6.07, 6.45) is 18.0. The number of hydrogen-bond acceptors (Lipinski definition) is 0. The maximum absolute atomic E-state index is 6.74. The summed E-state index contributed by atoms with van der Waals surface area (Å²) in [7, 11) is 9.87. The summed E-state index contributed by atoms with van der Waals surface area (Å²) < 4.78 is 0. The topological polar surface area (TPSA) is 0 Å². The summed E-state index contributed by atoms with van der Waals surface area (Å²) in [5.74, 6) is 2.76. The molecule has 0 aromatic heterocycles. The van der Waals surface area contributed by atoms with E-state index in [1.54, 1.807) is 0 Å². The summed E-state index contributed by atoms with van der Waals surface area (Å²) in [5, 5.41) is 0. The fourth-order valence-electron chi connectivity index (χ4n) is 4.38. The molecule has 0 aliphatic heterocycles. The molecule has 0 aromatic carbocycles. The third kappa shape index (κ3) is 7.01. The van der Waals surface area contributed by atoms with Gasteiger partial charge in [-0.1, -0.05) is 62.3 Å². The second-order valence-corrected chi connectivity index (χ2v) is 12.1. The molecule has 6 heteroatoms. The molecule has 0 radical (unpaired) electrons. The first-order chi connectivity index (χ1) is 10.1. The number of allylic oxidation sites excluding steroid dienone is 4. The second-order valence-electron chi connectivity index (χ2n) is 6.58. The van der Waals surface area contributed by atoms with Crippen molar-refractivity contribution in [1.82, 2.24) is 0 Å². The van der Waals surface area contributed by atoms with Crippen molar-refractivity contribution in [2.75, 3.05) is 0 Å². The van der Waals surface area contributed by atoms with E-state index in [-0.39, 0.29) is 14.9 Å². The van der Waals surface area contributed by atoms with Gasteiger partial charge in [0.05, 0.1) is 0 Å². The fourth-order valence-corrected chi connectivity index (χ4v) is 5.34. The molecule has 0 amide bonds. The number of hydrogen-bond donors (Lipinski definition) is 0. The van der Waals surface area contributed by atoms with E-state index >= 15 is 0 Å². The molecule has 0 heterocycles. The van der Waals surface area contributed by atoms with E-state index in [0.29, 0.717) is 17.7 Å². The molecule has 3 aliphatic rings. The molecule has 2 fully saturated rings. The molecule has 0 N–H and O–H groups in total. The molecule has 23 heavy (non-hydrogen) atoms. The van der Waals surface area contributed by atoms with Gasteiger partial charge in [-0.15, -0.1) is 12.1 Å². The van der Waals surface area contributed by atoms with Gasteiger partial charge in [-0.05, 0) is 18.3 Å². The van der Waals surface area contributed by atoms with E-state index in [1.807, 2.05) is 0 Å². The van der Waals surface area contributed by atoms with E-state index in [2.05, 4.69) is 24.3 Å². The molecule has 0 nitrogen and oxygen atoms in total. The molecule has 2 saturated carbocycles. The van der Waals surface area contributed by atoms with Gasteiger partial charge in [0.2, 0.25) is 0 Å². The van der Waals surface area contributed by atoms with Crippen LogP contribution in [0.25, 0.3) is 0 Å². The summed E-state index contributed by atoms with van der Waals surface area (Å²) >= 11 is 12.7. The quantitative estimate of drug-likeness (QED) is 0.287. The van der Waals surface area contributed by atoms with E-state index in [9.17, 15) is 0 Å². The van der Waals surface area contributed by atoms with Crippen LogP contribution >= 0.6 is 39.9 Å². The van der Waals surface area contributed by atoms with Crippen LogP contribution in [0.1, 0.15) is 38.5 Å². The van der Waals surface area contributed by atoms with Gasteiger partial charge in [0.25, 0.3) is 0 Å². The summed E-state index contributed by atoms with van der Waals surface area (Å²) in [4.78, 5) is -1.18. The van der Waals surface area contributed by atoms with Crippen LogP contribution in [0.4, 0.5) is 0 Å². The summed E-state index contributed by atoms with van der Waals surface area (Å²) in [6.45, 7) is 0. The van der Waals surface area contributed by atoms with Gasteiger partial charge in [-0.25, -0.2) is 0 Å². The first-order valence-electron chi connectivity index (χ1n) is 7.93. The monoisotopic (exact) mass is 473 g/mol. The Morgan fingerprint density at radius 2 is 1.48 bits per heavy atom. The Morgan fingerprint density at radius 3 is 2.09 bits per heavy atom. The van der Waals surface area contributed by atoms with Crippen molar-refractivity contribution in [3.05, 3.63) is 39.2 Å². The molecule has 3 unspecified atom stereocenters. The van der Waals surface area contributed by atoms with E-state index < -0.39 is 25.8 Å². The molecule has 0 saturated heterocycles. The van der Waals surface area contributed by atoms with Crippen LogP contribution in [0.2, 0.25) is 12.1 Å². The van der Waals surface area contributed by atoms with Crippen LogP contribution in [-0.2, 0) is 20.8 Å². The van der Waals surface area contributed by atoms with Crippen molar-refractivity contribution < 1.29 is 20.8 Å². The predicted molar refractivity (Wildman–Crippen MR) is 107 cm³/mol. The third-order valence-electron chi connectivity index (χ3n) is 5.42. The molecule has 132 valence electrons. The van der Waals surface area contributed by atoms with E-state index in [1.165, 1.54) is 38.5 Å². The summed E-state index contributed by atoms with van der Waals surface area (Å²) in [5.41, 5.74) is 0. The predicted octanol–water partition coefficient (Wildman–Crippen LogP) is 7.90. The number of halogens is 4. The minimum absolute atomic E-state index is 0. The van der Waals surface area contributed by atoms with Gasteiger partial charge in [-0.2, -0.15) is 0 Å². The van der Waals surface area contributed by atoms with Gasteiger partial charge in [0.15, 0.2) is 4.98 Å². The molecule has 0 aromatic rings. The second kappa shape index (κ2) is 12.1. The molecule has 3 rings (SSSR count). The Hall–Kier alpha value is 1.59. The van der Waals surface area contributed by atoms with Gasteiger partial charge < -0.3 is 37.8 Å². The van der Waals surface area contributed by atoms with E-state index in [4.69, 9.17) is 39.9 Å². The van der Waals surface area contributed by atoms with Crippen LogP contribution in [-0.4, -0.2) is 4.98 Å². The average Bonchev–Trinajstić information content (AvgIpc) is 3.10. The molecule has 0 spiro atoms. The zero-order chi connectivity index (χ0) is 15.3. The first-order valence-corrected chi connectivity index (χ1v) is 15.1. The molecule has 3 aliphatic carbocycles. The zero-order valence-corrected chi connectivity index (χ0v) is 19.6. The molecule has 0 bridgehead atoms. The summed E-state index contributed by atoms with van der Waals surface area (Å²) in [6, 6.07) is 0. The Balaban J connectivity index is 0.000000902. The molecular formula is C17H28BCl4Zr-. The third-order valence-corrected chi connectivity index (χ3v) is 6.49. The molecule has 3 atom stereocenters. The first kappa shape index (κ1) is 24.6. The van der Waals surface area contributed by atoms with Crippen LogP contribution in [0.5, 0.6) is 0 Å². The van der Waals surface area contributed by atoms with E-state index in [0.717, 1.165) is 12.2 Å².